The highest BCUT2D eigenvalue weighted by atomic mass is 16.1. The first kappa shape index (κ1) is 16.4. The lowest BCUT2D eigenvalue weighted by Gasteiger charge is -2.06. The first-order valence-electron chi connectivity index (χ1n) is 6.26. The van der Waals surface area contributed by atoms with Crippen LogP contribution in [0.2, 0.25) is 0 Å². The minimum absolute atomic E-state index is 0.117. The minimum Gasteiger partial charge on any atom is -0.324 e. The number of hydrazone groups is 1. The van der Waals surface area contributed by atoms with Crippen LogP contribution in [0.4, 0.5) is 5.69 Å². The molecule has 0 atom stereocenters. The molecule has 2 aromatic rings. The summed E-state index contributed by atoms with van der Waals surface area (Å²) >= 11 is 0. The Kier molecular flexibility index (Phi) is 7.20. The van der Waals surface area contributed by atoms with Gasteiger partial charge in [-0.1, -0.05) is 30.3 Å². The highest BCUT2D eigenvalue weighted by molar-refractivity contribution is 6.04. The van der Waals surface area contributed by atoms with Crippen LogP contribution in [0.5, 0.6) is 0 Å². The number of para-hydroxylation sites is 1. The molecule has 0 spiro atoms. The van der Waals surface area contributed by atoms with Gasteiger partial charge in [0.2, 0.25) is 0 Å². The molecule has 0 unspecified atom stereocenters. The van der Waals surface area contributed by atoms with Crippen molar-refractivity contribution in [3.05, 3.63) is 65.7 Å². The van der Waals surface area contributed by atoms with Gasteiger partial charge in [0.25, 0.3) is 5.91 Å². The number of carbonyl (C=O) groups is 1. The molecule has 0 aliphatic carbocycles. The highest BCUT2D eigenvalue weighted by Gasteiger charge is 2.05. The number of hydrazine groups is 1. The number of amides is 1. The van der Waals surface area contributed by atoms with Gasteiger partial charge in [-0.15, -0.1) is 0 Å². The van der Waals surface area contributed by atoms with E-state index in [4.69, 9.17) is 5.84 Å². The molecule has 0 saturated heterocycles. The van der Waals surface area contributed by atoms with E-state index in [0.29, 0.717) is 12.1 Å². The molecule has 0 aromatic heterocycles. The Labute approximate surface area is 123 Å². The topological polar surface area (TPSA) is 106 Å². The van der Waals surface area contributed by atoms with Gasteiger partial charge in [-0.05, 0) is 29.8 Å². The van der Waals surface area contributed by atoms with Gasteiger partial charge in [-0.25, -0.2) is 0 Å². The number of carbonyl (C=O) groups excluding carboxylic acids is 1. The van der Waals surface area contributed by atoms with Gasteiger partial charge in [0.15, 0.2) is 0 Å². The molecule has 6 heteroatoms. The molecule has 0 heterocycles. The van der Waals surface area contributed by atoms with Gasteiger partial charge < -0.3 is 11.2 Å². The number of rotatable bonds is 4. The molecule has 0 fully saturated rings. The molecule has 0 aliphatic rings. The SMILES string of the molecule is C=NN.NNCc1ccc(C(=O)Nc2ccccc2)cc1. The van der Waals surface area contributed by atoms with Crippen LogP contribution in [-0.2, 0) is 6.54 Å². The number of nitrogens with zero attached hydrogens (tertiary/aromatic N) is 1. The molecule has 6 N–H and O–H groups in total. The van der Waals surface area contributed by atoms with Crippen molar-refractivity contribution in [2.75, 3.05) is 5.32 Å². The molecular formula is C15H19N5O. The summed E-state index contributed by atoms with van der Waals surface area (Å²) in [7, 11) is 0. The maximum atomic E-state index is 11.9. The second-order valence-electron chi connectivity index (χ2n) is 4.08. The van der Waals surface area contributed by atoms with Gasteiger partial charge in [0.05, 0.1) is 0 Å². The van der Waals surface area contributed by atoms with Crippen molar-refractivity contribution in [1.82, 2.24) is 5.43 Å². The quantitative estimate of drug-likeness (QED) is 0.387. The molecule has 2 aromatic carbocycles. The second-order valence-corrected chi connectivity index (χ2v) is 4.08. The van der Waals surface area contributed by atoms with E-state index in [1.54, 1.807) is 12.1 Å². The first-order valence-corrected chi connectivity index (χ1v) is 6.26. The summed E-state index contributed by atoms with van der Waals surface area (Å²) in [6.45, 7) is 3.47. The fourth-order valence-electron chi connectivity index (χ4n) is 1.62. The molecule has 110 valence electrons. The van der Waals surface area contributed by atoms with Crippen molar-refractivity contribution in [3.63, 3.8) is 0 Å². The Hall–Kier alpha value is -2.70. The number of nitrogens with one attached hydrogen (secondary N) is 2. The van der Waals surface area contributed by atoms with E-state index in [1.807, 2.05) is 42.5 Å². The van der Waals surface area contributed by atoms with Gasteiger partial charge in [-0.3, -0.25) is 16.1 Å². The summed E-state index contributed by atoms with van der Waals surface area (Å²) in [6.07, 6.45) is 0. The number of hydrogen-bond acceptors (Lipinski definition) is 5. The smallest absolute Gasteiger partial charge is 0.255 e. The van der Waals surface area contributed by atoms with Crippen molar-refractivity contribution in [1.29, 1.82) is 0 Å². The van der Waals surface area contributed by atoms with Crippen molar-refractivity contribution in [2.24, 2.45) is 16.8 Å². The molecule has 0 aliphatic heterocycles. The highest BCUT2D eigenvalue weighted by Crippen LogP contribution is 2.09. The summed E-state index contributed by atoms with van der Waals surface area (Å²) in [5.41, 5.74) is 5.02. The number of hydrogen-bond donors (Lipinski definition) is 4. The number of nitrogens with two attached hydrogens (primary N) is 2. The van der Waals surface area contributed by atoms with Crippen molar-refractivity contribution >= 4 is 18.3 Å². The number of anilines is 1. The monoisotopic (exact) mass is 285 g/mol. The van der Waals surface area contributed by atoms with E-state index in [9.17, 15) is 4.79 Å². The minimum atomic E-state index is -0.117. The maximum Gasteiger partial charge on any atom is 0.255 e. The Balaban J connectivity index is 0.000000677. The molecule has 1 amide bonds. The van der Waals surface area contributed by atoms with Gasteiger partial charge >= 0.3 is 0 Å². The van der Waals surface area contributed by atoms with Crippen LogP contribution in [0.25, 0.3) is 0 Å². The Morgan fingerprint density at radius 2 is 1.67 bits per heavy atom. The van der Waals surface area contributed by atoms with Crippen LogP contribution in [0.3, 0.4) is 0 Å². The lowest BCUT2D eigenvalue weighted by Crippen LogP contribution is -2.20. The number of benzene rings is 2. The predicted octanol–water partition coefficient (Wildman–Crippen LogP) is 1.46. The van der Waals surface area contributed by atoms with E-state index in [1.165, 1.54) is 0 Å². The van der Waals surface area contributed by atoms with Crippen LogP contribution < -0.4 is 22.4 Å². The van der Waals surface area contributed by atoms with Crippen LogP contribution >= 0.6 is 0 Å². The summed E-state index contributed by atoms with van der Waals surface area (Å²) in [4.78, 5) is 11.9. The molecule has 0 bridgehead atoms. The van der Waals surface area contributed by atoms with Crippen LogP contribution in [-0.4, -0.2) is 12.6 Å². The average Bonchev–Trinajstić information content (AvgIpc) is 2.50. The van der Waals surface area contributed by atoms with Crippen LogP contribution in [0, 0.1) is 0 Å². The fraction of sp³-hybridized carbons (Fsp3) is 0.0667. The van der Waals surface area contributed by atoms with Crippen molar-refractivity contribution in [3.8, 4) is 0 Å². The summed E-state index contributed by atoms with van der Waals surface area (Å²) in [5.74, 6) is 9.48. The zero-order valence-corrected chi connectivity index (χ0v) is 11.6. The van der Waals surface area contributed by atoms with E-state index < -0.39 is 0 Å². The zero-order valence-electron chi connectivity index (χ0n) is 11.6. The standard InChI is InChI=1S/C14H15N3O.CH4N2/c15-16-10-11-6-8-12(9-7-11)14(18)17-13-4-2-1-3-5-13;1-3-2/h1-9,16H,10,15H2,(H,17,18);1-2H2. The van der Waals surface area contributed by atoms with Gasteiger partial charge in [0, 0.05) is 24.5 Å². The fourth-order valence-corrected chi connectivity index (χ4v) is 1.62. The van der Waals surface area contributed by atoms with E-state index in [0.717, 1.165) is 11.3 Å². The largest absolute Gasteiger partial charge is 0.324 e. The lowest BCUT2D eigenvalue weighted by atomic mass is 10.1. The molecule has 21 heavy (non-hydrogen) atoms. The Bertz CT molecular complexity index is 554. The molecule has 0 radical (unpaired) electrons. The maximum absolute atomic E-state index is 11.9. The van der Waals surface area contributed by atoms with E-state index in [2.05, 4.69) is 28.4 Å². The molecular weight excluding hydrogens is 266 g/mol. The molecule has 6 nitrogen and oxygen atoms in total. The normalized spacial score (nSPS) is 9.19. The van der Waals surface area contributed by atoms with Crippen molar-refractivity contribution < 1.29 is 4.79 Å². The Morgan fingerprint density at radius 3 is 2.19 bits per heavy atom. The third kappa shape index (κ3) is 5.85. The average molecular weight is 285 g/mol. The van der Waals surface area contributed by atoms with Crippen LogP contribution in [0.15, 0.2) is 59.7 Å². The zero-order chi connectivity index (χ0) is 15.5. The summed E-state index contributed by atoms with van der Waals surface area (Å²) < 4.78 is 0. The van der Waals surface area contributed by atoms with Crippen LogP contribution in [0.1, 0.15) is 15.9 Å². The Morgan fingerprint density at radius 1 is 1.10 bits per heavy atom. The van der Waals surface area contributed by atoms with Gasteiger partial charge in [0.1, 0.15) is 0 Å². The first-order chi connectivity index (χ1) is 10.2. The third-order valence-corrected chi connectivity index (χ3v) is 2.55. The summed E-state index contributed by atoms with van der Waals surface area (Å²) in [6, 6.07) is 16.7. The lowest BCUT2D eigenvalue weighted by molar-refractivity contribution is 0.102. The molecule has 0 saturated carbocycles. The van der Waals surface area contributed by atoms with Crippen molar-refractivity contribution in [2.45, 2.75) is 6.54 Å². The van der Waals surface area contributed by atoms with Gasteiger partial charge in [-0.2, -0.15) is 5.10 Å². The van der Waals surface area contributed by atoms with E-state index >= 15 is 0 Å². The second kappa shape index (κ2) is 9.24. The third-order valence-electron chi connectivity index (χ3n) is 2.55. The predicted molar refractivity (Wildman–Crippen MR) is 85.6 cm³/mol. The summed E-state index contributed by atoms with van der Waals surface area (Å²) in [5, 5.41) is 5.58. The van der Waals surface area contributed by atoms with E-state index in [-0.39, 0.29) is 5.91 Å². The molecule has 2 rings (SSSR count).